The molecule has 4 heteroatoms. The molecular formula is C17H18N2O2. The summed E-state index contributed by atoms with van der Waals surface area (Å²) in [5.41, 5.74) is 4.40. The SMILES string of the molecule is COc1cccc(C(=O)NCc2ccc3c(c2)CNC3)c1. The van der Waals surface area contributed by atoms with E-state index in [0.717, 1.165) is 18.7 Å². The van der Waals surface area contributed by atoms with Gasteiger partial charge in [0.15, 0.2) is 0 Å². The highest BCUT2D eigenvalue weighted by molar-refractivity contribution is 5.94. The second-order valence-corrected chi connectivity index (χ2v) is 5.12. The molecular weight excluding hydrogens is 264 g/mol. The van der Waals surface area contributed by atoms with Gasteiger partial charge in [-0.3, -0.25) is 4.79 Å². The highest BCUT2D eigenvalue weighted by Gasteiger charge is 2.11. The lowest BCUT2D eigenvalue weighted by Crippen LogP contribution is -2.22. The fourth-order valence-corrected chi connectivity index (χ4v) is 2.51. The standard InChI is InChI=1S/C17H18N2O2/c1-21-16-4-2-3-13(8-16)17(20)19-9-12-5-6-14-10-18-11-15(14)7-12/h2-8,18H,9-11H2,1H3,(H,19,20). The minimum absolute atomic E-state index is 0.0903. The Morgan fingerprint density at radius 3 is 2.90 bits per heavy atom. The predicted octanol–water partition coefficient (Wildman–Crippen LogP) is 2.23. The molecule has 0 unspecified atom stereocenters. The summed E-state index contributed by atoms with van der Waals surface area (Å²) in [7, 11) is 1.59. The van der Waals surface area contributed by atoms with Gasteiger partial charge in [0.2, 0.25) is 0 Å². The third-order valence-electron chi connectivity index (χ3n) is 3.69. The average Bonchev–Trinajstić information content (AvgIpc) is 3.00. The van der Waals surface area contributed by atoms with Crippen molar-refractivity contribution in [3.05, 3.63) is 64.7 Å². The number of carbonyl (C=O) groups is 1. The third kappa shape index (κ3) is 3.06. The molecule has 2 aromatic carbocycles. The van der Waals surface area contributed by atoms with Crippen LogP contribution < -0.4 is 15.4 Å². The van der Waals surface area contributed by atoms with E-state index < -0.39 is 0 Å². The minimum atomic E-state index is -0.0903. The Balaban J connectivity index is 1.65. The largest absolute Gasteiger partial charge is 0.497 e. The van der Waals surface area contributed by atoms with Crippen molar-refractivity contribution in [1.29, 1.82) is 0 Å². The second-order valence-electron chi connectivity index (χ2n) is 5.12. The monoisotopic (exact) mass is 282 g/mol. The number of nitrogens with one attached hydrogen (secondary N) is 2. The van der Waals surface area contributed by atoms with Crippen LogP contribution in [0.3, 0.4) is 0 Å². The first-order chi connectivity index (χ1) is 10.3. The Labute approximate surface area is 124 Å². The Morgan fingerprint density at radius 2 is 2.05 bits per heavy atom. The van der Waals surface area contributed by atoms with E-state index in [1.165, 1.54) is 11.1 Å². The van der Waals surface area contributed by atoms with Crippen molar-refractivity contribution in [2.75, 3.05) is 7.11 Å². The normalized spacial score (nSPS) is 12.8. The molecule has 0 bridgehead atoms. The van der Waals surface area contributed by atoms with Gasteiger partial charge in [0, 0.05) is 25.2 Å². The molecule has 1 amide bonds. The maximum atomic E-state index is 12.1. The number of rotatable bonds is 4. The zero-order valence-corrected chi connectivity index (χ0v) is 12.0. The lowest BCUT2D eigenvalue weighted by atomic mass is 10.1. The quantitative estimate of drug-likeness (QED) is 0.904. The molecule has 0 aromatic heterocycles. The first-order valence-corrected chi connectivity index (χ1v) is 7.00. The summed E-state index contributed by atoms with van der Waals surface area (Å²) in [4.78, 5) is 12.1. The van der Waals surface area contributed by atoms with E-state index in [1.807, 2.05) is 12.1 Å². The Kier molecular flexibility index (Phi) is 3.88. The molecule has 2 N–H and O–H groups in total. The molecule has 0 fully saturated rings. The van der Waals surface area contributed by atoms with Crippen molar-refractivity contribution >= 4 is 5.91 Å². The maximum absolute atomic E-state index is 12.1. The fourth-order valence-electron chi connectivity index (χ4n) is 2.51. The van der Waals surface area contributed by atoms with Crippen LogP contribution in [0.4, 0.5) is 0 Å². The van der Waals surface area contributed by atoms with Crippen LogP contribution in [0.15, 0.2) is 42.5 Å². The number of benzene rings is 2. The second kappa shape index (κ2) is 5.97. The van der Waals surface area contributed by atoms with E-state index in [0.29, 0.717) is 17.9 Å². The first kappa shape index (κ1) is 13.6. The zero-order valence-electron chi connectivity index (χ0n) is 12.0. The topological polar surface area (TPSA) is 50.4 Å². The summed E-state index contributed by atoms with van der Waals surface area (Å²) in [6, 6.07) is 13.5. The van der Waals surface area contributed by atoms with Gasteiger partial charge in [0.05, 0.1) is 7.11 Å². The predicted molar refractivity (Wildman–Crippen MR) is 81.1 cm³/mol. The lowest BCUT2D eigenvalue weighted by molar-refractivity contribution is 0.0950. The Bertz CT molecular complexity index is 668. The van der Waals surface area contributed by atoms with Crippen molar-refractivity contribution in [3.8, 4) is 5.75 Å². The molecule has 0 radical (unpaired) electrons. The molecule has 3 rings (SSSR count). The van der Waals surface area contributed by atoms with E-state index in [-0.39, 0.29) is 5.91 Å². The van der Waals surface area contributed by atoms with Gasteiger partial charge in [-0.05, 0) is 34.9 Å². The van der Waals surface area contributed by atoms with Gasteiger partial charge < -0.3 is 15.4 Å². The summed E-state index contributed by atoms with van der Waals surface area (Å²) < 4.78 is 5.13. The van der Waals surface area contributed by atoms with E-state index in [1.54, 1.807) is 19.2 Å². The molecule has 0 spiro atoms. The summed E-state index contributed by atoms with van der Waals surface area (Å²) in [5.74, 6) is 0.596. The highest BCUT2D eigenvalue weighted by Crippen LogP contribution is 2.17. The molecule has 0 atom stereocenters. The van der Waals surface area contributed by atoms with Crippen LogP contribution >= 0.6 is 0 Å². The van der Waals surface area contributed by atoms with Crippen LogP contribution in [0.25, 0.3) is 0 Å². The van der Waals surface area contributed by atoms with Crippen molar-refractivity contribution in [1.82, 2.24) is 10.6 Å². The summed E-state index contributed by atoms with van der Waals surface area (Å²) in [6.07, 6.45) is 0. The van der Waals surface area contributed by atoms with Crippen molar-refractivity contribution in [2.45, 2.75) is 19.6 Å². The smallest absolute Gasteiger partial charge is 0.251 e. The Hall–Kier alpha value is -2.33. The molecule has 4 nitrogen and oxygen atoms in total. The van der Waals surface area contributed by atoms with Crippen molar-refractivity contribution < 1.29 is 9.53 Å². The minimum Gasteiger partial charge on any atom is -0.497 e. The molecule has 0 saturated carbocycles. The zero-order chi connectivity index (χ0) is 14.7. The number of ether oxygens (including phenoxy) is 1. The van der Waals surface area contributed by atoms with Gasteiger partial charge in [-0.25, -0.2) is 0 Å². The number of hydrogen-bond acceptors (Lipinski definition) is 3. The van der Waals surface area contributed by atoms with E-state index >= 15 is 0 Å². The van der Waals surface area contributed by atoms with E-state index in [2.05, 4.69) is 28.8 Å². The third-order valence-corrected chi connectivity index (χ3v) is 3.69. The molecule has 1 aliphatic rings. The van der Waals surface area contributed by atoms with Gasteiger partial charge in [-0.1, -0.05) is 24.3 Å². The highest BCUT2D eigenvalue weighted by atomic mass is 16.5. The van der Waals surface area contributed by atoms with Gasteiger partial charge in [0.1, 0.15) is 5.75 Å². The van der Waals surface area contributed by atoms with Crippen LogP contribution in [0.5, 0.6) is 5.75 Å². The summed E-state index contributed by atoms with van der Waals surface area (Å²) in [5, 5.41) is 6.26. The number of carbonyl (C=O) groups excluding carboxylic acids is 1. The Morgan fingerprint density at radius 1 is 1.19 bits per heavy atom. The number of methoxy groups -OCH3 is 1. The molecule has 108 valence electrons. The van der Waals surface area contributed by atoms with Crippen molar-refractivity contribution in [3.63, 3.8) is 0 Å². The molecule has 2 aromatic rings. The van der Waals surface area contributed by atoms with Gasteiger partial charge in [-0.2, -0.15) is 0 Å². The lowest BCUT2D eigenvalue weighted by Gasteiger charge is -2.08. The number of amides is 1. The molecule has 21 heavy (non-hydrogen) atoms. The van der Waals surface area contributed by atoms with Crippen molar-refractivity contribution in [2.24, 2.45) is 0 Å². The van der Waals surface area contributed by atoms with Crippen LogP contribution in [0, 0.1) is 0 Å². The summed E-state index contributed by atoms with van der Waals surface area (Å²) >= 11 is 0. The van der Waals surface area contributed by atoms with Gasteiger partial charge in [0.25, 0.3) is 5.91 Å². The van der Waals surface area contributed by atoms with Gasteiger partial charge in [-0.15, -0.1) is 0 Å². The summed E-state index contributed by atoms with van der Waals surface area (Å²) in [6.45, 7) is 2.38. The maximum Gasteiger partial charge on any atom is 0.251 e. The van der Waals surface area contributed by atoms with E-state index in [9.17, 15) is 4.79 Å². The van der Waals surface area contributed by atoms with Crippen LogP contribution in [0.1, 0.15) is 27.0 Å². The number of hydrogen-bond donors (Lipinski definition) is 2. The molecule has 0 saturated heterocycles. The van der Waals surface area contributed by atoms with Crippen LogP contribution in [0.2, 0.25) is 0 Å². The van der Waals surface area contributed by atoms with E-state index in [4.69, 9.17) is 4.74 Å². The fraction of sp³-hybridized carbons (Fsp3) is 0.235. The first-order valence-electron chi connectivity index (χ1n) is 7.00. The van der Waals surface area contributed by atoms with Gasteiger partial charge >= 0.3 is 0 Å². The molecule has 1 aliphatic heterocycles. The molecule has 0 aliphatic carbocycles. The average molecular weight is 282 g/mol. The van der Waals surface area contributed by atoms with Crippen LogP contribution in [-0.2, 0) is 19.6 Å². The van der Waals surface area contributed by atoms with Crippen LogP contribution in [-0.4, -0.2) is 13.0 Å². The number of fused-ring (bicyclic) bond motifs is 1. The molecule has 1 heterocycles.